The van der Waals surface area contributed by atoms with E-state index in [1.807, 2.05) is 0 Å². The molecule has 3 aromatic rings. The van der Waals surface area contributed by atoms with Crippen LogP contribution in [0.4, 0.5) is 8.78 Å². The maximum Gasteiger partial charge on any atom is 0.269 e. The van der Waals surface area contributed by atoms with E-state index in [2.05, 4.69) is 5.10 Å². The van der Waals surface area contributed by atoms with Crippen LogP contribution >= 0.6 is 0 Å². The van der Waals surface area contributed by atoms with Gasteiger partial charge in [-0.15, -0.1) is 0 Å². The van der Waals surface area contributed by atoms with Gasteiger partial charge in [0.15, 0.2) is 15.5 Å². The fraction of sp³-hybridized carbons (Fsp3) is 0.111. The number of sulfone groups is 1. The number of rotatable bonds is 5. The van der Waals surface area contributed by atoms with Crippen molar-refractivity contribution >= 4 is 15.7 Å². The summed E-state index contributed by atoms with van der Waals surface area (Å²) < 4.78 is 51.6. The van der Waals surface area contributed by atoms with Crippen LogP contribution in [0.5, 0.6) is 0 Å². The molecule has 1 amide bonds. The number of amides is 1. The lowest BCUT2D eigenvalue weighted by atomic mass is 10.1. The predicted octanol–water partition coefficient (Wildman–Crippen LogP) is 2.38. The van der Waals surface area contributed by atoms with E-state index in [1.54, 1.807) is 12.1 Å². The number of hydrogen-bond donors (Lipinski definition) is 1. The highest BCUT2D eigenvalue weighted by molar-refractivity contribution is 7.90. The van der Waals surface area contributed by atoms with Crippen LogP contribution in [-0.4, -0.2) is 30.4 Å². The zero-order valence-electron chi connectivity index (χ0n) is 14.2. The first-order valence-corrected chi connectivity index (χ1v) is 9.66. The van der Waals surface area contributed by atoms with Crippen LogP contribution in [-0.2, 0) is 16.4 Å². The Kier molecular flexibility index (Phi) is 4.79. The van der Waals surface area contributed by atoms with Gasteiger partial charge < -0.3 is 5.73 Å². The molecule has 0 aliphatic rings. The highest BCUT2D eigenvalue weighted by atomic mass is 32.2. The Morgan fingerprint density at radius 1 is 1.11 bits per heavy atom. The molecule has 9 heteroatoms. The summed E-state index contributed by atoms with van der Waals surface area (Å²) >= 11 is 0. The van der Waals surface area contributed by atoms with E-state index in [-0.39, 0.29) is 22.7 Å². The maximum absolute atomic E-state index is 14.0. The van der Waals surface area contributed by atoms with Crippen molar-refractivity contribution in [1.29, 1.82) is 0 Å². The van der Waals surface area contributed by atoms with Gasteiger partial charge in [-0.1, -0.05) is 18.2 Å². The molecule has 0 aliphatic carbocycles. The van der Waals surface area contributed by atoms with Crippen molar-refractivity contribution in [3.63, 3.8) is 0 Å². The second-order valence-electron chi connectivity index (χ2n) is 5.97. The van der Waals surface area contributed by atoms with Crippen molar-refractivity contribution in [3.8, 4) is 11.3 Å². The second kappa shape index (κ2) is 6.92. The molecular formula is C18H15F2N3O3S. The number of hydrogen-bond acceptors (Lipinski definition) is 4. The van der Waals surface area contributed by atoms with Crippen LogP contribution in [0.1, 0.15) is 16.1 Å². The average molecular weight is 391 g/mol. The minimum Gasteiger partial charge on any atom is -0.364 e. The zero-order valence-corrected chi connectivity index (χ0v) is 15.0. The SMILES string of the molecule is CS(=O)(=O)c1ccc(-c2cc(C(N)=O)nn2Cc2ccc(F)cc2F)cc1. The first kappa shape index (κ1) is 18.7. The Morgan fingerprint density at radius 3 is 2.33 bits per heavy atom. The van der Waals surface area contributed by atoms with Crippen LogP contribution in [0, 0.1) is 11.6 Å². The fourth-order valence-corrected chi connectivity index (χ4v) is 3.20. The molecule has 140 valence electrons. The van der Waals surface area contributed by atoms with Gasteiger partial charge in [-0.3, -0.25) is 9.48 Å². The zero-order chi connectivity index (χ0) is 19.8. The Bertz CT molecular complexity index is 1120. The summed E-state index contributed by atoms with van der Waals surface area (Å²) in [6.07, 6.45) is 1.09. The largest absolute Gasteiger partial charge is 0.364 e. The lowest BCUT2D eigenvalue weighted by Crippen LogP contribution is -2.13. The van der Waals surface area contributed by atoms with Crippen molar-refractivity contribution < 1.29 is 22.0 Å². The third-order valence-corrected chi connectivity index (χ3v) is 5.07. The van der Waals surface area contributed by atoms with Gasteiger partial charge in [0, 0.05) is 17.9 Å². The summed E-state index contributed by atoms with van der Waals surface area (Å²) in [5, 5.41) is 4.08. The quantitative estimate of drug-likeness (QED) is 0.722. The molecule has 0 spiro atoms. The molecule has 0 atom stereocenters. The molecule has 0 radical (unpaired) electrons. The molecular weight excluding hydrogens is 376 g/mol. The van der Waals surface area contributed by atoms with Crippen LogP contribution in [0.25, 0.3) is 11.3 Å². The van der Waals surface area contributed by atoms with Gasteiger partial charge in [-0.2, -0.15) is 5.10 Å². The number of nitrogens with zero attached hydrogens (tertiary/aromatic N) is 2. The van der Waals surface area contributed by atoms with E-state index < -0.39 is 27.4 Å². The number of benzene rings is 2. The summed E-state index contributed by atoms with van der Waals surface area (Å²) in [7, 11) is -3.36. The van der Waals surface area contributed by atoms with Gasteiger partial charge in [-0.05, 0) is 29.8 Å². The Labute approximate surface area is 154 Å². The van der Waals surface area contributed by atoms with Crippen LogP contribution in [0.3, 0.4) is 0 Å². The van der Waals surface area contributed by atoms with Crippen LogP contribution < -0.4 is 5.73 Å². The molecule has 1 heterocycles. The molecule has 2 N–H and O–H groups in total. The van der Waals surface area contributed by atoms with Crippen molar-refractivity contribution in [2.24, 2.45) is 5.73 Å². The van der Waals surface area contributed by atoms with E-state index in [0.717, 1.165) is 18.4 Å². The van der Waals surface area contributed by atoms with Gasteiger partial charge in [0.2, 0.25) is 0 Å². The normalized spacial score (nSPS) is 11.5. The topological polar surface area (TPSA) is 95.0 Å². The monoisotopic (exact) mass is 391 g/mol. The number of halogens is 2. The van der Waals surface area contributed by atoms with Gasteiger partial charge >= 0.3 is 0 Å². The molecule has 0 unspecified atom stereocenters. The highest BCUT2D eigenvalue weighted by Crippen LogP contribution is 2.24. The Morgan fingerprint density at radius 2 is 1.78 bits per heavy atom. The second-order valence-corrected chi connectivity index (χ2v) is 7.98. The van der Waals surface area contributed by atoms with Crippen LogP contribution in [0.2, 0.25) is 0 Å². The molecule has 0 saturated carbocycles. The first-order valence-electron chi connectivity index (χ1n) is 7.77. The maximum atomic E-state index is 14.0. The smallest absolute Gasteiger partial charge is 0.269 e. The van der Waals surface area contributed by atoms with Gasteiger partial charge in [0.25, 0.3) is 5.91 Å². The molecule has 2 aromatic carbocycles. The summed E-state index contributed by atoms with van der Waals surface area (Å²) in [6.45, 7) is -0.0669. The summed E-state index contributed by atoms with van der Waals surface area (Å²) in [6, 6.07) is 10.5. The van der Waals surface area contributed by atoms with E-state index in [1.165, 1.54) is 28.9 Å². The summed E-state index contributed by atoms with van der Waals surface area (Å²) in [4.78, 5) is 11.6. The van der Waals surface area contributed by atoms with Crippen molar-refractivity contribution in [2.75, 3.05) is 6.26 Å². The molecule has 6 nitrogen and oxygen atoms in total. The van der Waals surface area contributed by atoms with E-state index in [4.69, 9.17) is 5.73 Å². The van der Waals surface area contributed by atoms with Crippen molar-refractivity contribution in [2.45, 2.75) is 11.4 Å². The lowest BCUT2D eigenvalue weighted by molar-refractivity contribution is 0.0994. The number of carbonyl (C=O) groups is 1. The van der Waals surface area contributed by atoms with E-state index >= 15 is 0 Å². The molecule has 0 bridgehead atoms. The fourth-order valence-electron chi connectivity index (χ4n) is 2.57. The number of aromatic nitrogens is 2. The molecule has 3 rings (SSSR count). The number of carbonyl (C=O) groups excluding carboxylic acids is 1. The average Bonchev–Trinajstić information content (AvgIpc) is 3.01. The van der Waals surface area contributed by atoms with Gasteiger partial charge in [0.05, 0.1) is 17.1 Å². The molecule has 0 saturated heterocycles. The highest BCUT2D eigenvalue weighted by Gasteiger charge is 2.16. The molecule has 1 aromatic heterocycles. The van der Waals surface area contributed by atoms with E-state index in [0.29, 0.717) is 11.3 Å². The minimum atomic E-state index is -3.36. The number of nitrogens with two attached hydrogens (primary N) is 1. The van der Waals surface area contributed by atoms with Crippen molar-refractivity contribution in [1.82, 2.24) is 9.78 Å². The Hall–Kier alpha value is -3.07. The first-order chi connectivity index (χ1) is 12.6. The third kappa shape index (κ3) is 4.03. The third-order valence-electron chi connectivity index (χ3n) is 3.95. The predicted molar refractivity (Wildman–Crippen MR) is 94.8 cm³/mol. The molecule has 27 heavy (non-hydrogen) atoms. The minimum absolute atomic E-state index is 0.0280. The summed E-state index contributed by atoms with van der Waals surface area (Å²) in [5.74, 6) is -2.21. The Balaban J connectivity index is 2.05. The van der Waals surface area contributed by atoms with Gasteiger partial charge in [-0.25, -0.2) is 17.2 Å². The van der Waals surface area contributed by atoms with E-state index in [9.17, 15) is 22.0 Å². The van der Waals surface area contributed by atoms with Crippen molar-refractivity contribution in [3.05, 3.63) is 71.4 Å². The summed E-state index contributed by atoms with van der Waals surface area (Å²) in [5.41, 5.74) is 6.42. The standard InChI is InChI=1S/C18H15F2N3O3S/c1-27(25,26)14-6-3-11(4-7-14)17-9-16(18(21)24)22-23(17)10-12-2-5-13(19)8-15(12)20/h2-9H,10H2,1H3,(H2,21,24). The lowest BCUT2D eigenvalue weighted by Gasteiger charge is -2.09. The molecule has 0 aliphatic heterocycles. The number of primary amides is 1. The van der Waals surface area contributed by atoms with Gasteiger partial charge in [0.1, 0.15) is 11.6 Å². The molecule has 0 fully saturated rings. The van der Waals surface area contributed by atoms with Crippen LogP contribution in [0.15, 0.2) is 53.4 Å².